The number of amides is 2. The molecular formula is C22H15F3N2O2S. The Hall–Kier alpha value is -3.26. The van der Waals surface area contributed by atoms with E-state index in [1.165, 1.54) is 40.9 Å². The van der Waals surface area contributed by atoms with E-state index in [4.69, 9.17) is 0 Å². The second kappa shape index (κ2) is 8.23. The van der Waals surface area contributed by atoms with E-state index >= 15 is 0 Å². The van der Waals surface area contributed by atoms with E-state index in [2.05, 4.69) is 5.32 Å². The van der Waals surface area contributed by atoms with Crippen LogP contribution in [-0.2, 0) is 4.79 Å². The molecule has 1 atom stereocenters. The molecule has 4 rings (SSSR count). The fourth-order valence-electron chi connectivity index (χ4n) is 3.18. The molecule has 30 heavy (non-hydrogen) atoms. The van der Waals surface area contributed by atoms with Crippen LogP contribution in [0.25, 0.3) is 0 Å². The van der Waals surface area contributed by atoms with Crippen LogP contribution in [0, 0.1) is 17.5 Å². The van der Waals surface area contributed by atoms with Crippen molar-refractivity contribution < 1.29 is 22.8 Å². The van der Waals surface area contributed by atoms with Crippen LogP contribution in [-0.4, -0.2) is 17.6 Å². The highest BCUT2D eigenvalue weighted by atomic mass is 32.2. The number of hydrogen-bond acceptors (Lipinski definition) is 3. The summed E-state index contributed by atoms with van der Waals surface area (Å²) >= 11 is 1.32. The molecule has 0 bridgehead atoms. The molecule has 0 radical (unpaired) electrons. The Morgan fingerprint density at radius 3 is 2.40 bits per heavy atom. The first kappa shape index (κ1) is 20.0. The summed E-state index contributed by atoms with van der Waals surface area (Å²) in [5.74, 6) is -2.86. The van der Waals surface area contributed by atoms with E-state index < -0.39 is 28.7 Å². The smallest absolute Gasteiger partial charge is 0.258 e. The van der Waals surface area contributed by atoms with Gasteiger partial charge in [0, 0.05) is 11.8 Å². The van der Waals surface area contributed by atoms with Crippen LogP contribution in [0.15, 0.2) is 66.7 Å². The zero-order valence-corrected chi connectivity index (χ0v) is 16.3. The minimum atomic E-state index is -0.815. The van der Waals surface area contributed by atoms with Crippen LogP contribution >= 0.6 is 11.8 Å². The number of thioether (sulfide) groups is 1. The van der Waals surface area contributed by atoms with Crippen LogP contribution in [0.4, 0.5) is 24.5 Å². The lowest BCUT2D eigenvalue weighted by molar-refractivity contribution is -0.115. The van der Waals surface area contributed by atoms with Gasteiger partial charge in [-0.25, -0.2) is 13.2 Å². The maximum Gasteiger partial charge on any atom is 0.258 e. The molecule has 8 heteroatoms. The van der Waals surface area contributed by atoms with Gasteiger partial charge in [0.1, 0.15) is 22.8 Å². The van der Waals surface area contributed by atoms with E-state index in [9.17, 15) is 22.8 Å². The predicted octanol–water partition coefficient (Wildman–Crippen LogP) is 5.13. The summed E-state index contributed by atoms with van der Waals surface area (Å²) in [6.07, 6.45) is 0. The van der Waals surface area contributed by atoms with Gasteiger partial charge in [0.25, 0.3) is 5.91 Å². The third-order valence-corrected chi connectivity index (χ3v) is 5.82. The number of halogens is 3. The van der Waals surface area contributed by atoms with Crippen molar-refractivity contribution in [2.75, 3.05) is 16.0 Å². The van der Waals surface area contributed by atoms with Gasteiger partial charge in [-0.15, -0.1) is 11.8 Å². The molecule has 1 aliphatic heterocycles. The predicted molar refractivity (Wildman–Crippen MR) is 110 cm³/mol. The Morgan fingerprint density at radius 2 is 1.70 bits per heavy atom. The third-order valence-electron chi connectivity index (χ3n) is 4.61. The average molecular weight is 428 g/mol. The molecule has 0 unspecified atom stereocenters. The van der Waals surface area contributed by atoms with Gasteiger partial charge in [0.15, 0.2) is 0 Å². The number of carbonyl (C=O) groups excluding carboxylic acids is 2. The molecule has 0 aromatic heterocycles. The Bertz CT molecular complexity index is 1120. The fraction of sp³-hybridized carbons (Fsp3) is 0.0909. The quantitative estimate of drug-likeness (QED) is 0.627. The van der Waals surface area contributed by atoms with Crippen molar-refractivity contribution in [1.82, 2.24) is 0 Å². The van der Waals surface area contributed by atoms with E-state index in [0.717, 1.165) is 12.1 Å². The molecular weight excluding hydrogens is 413 g/mol. The minimum Gasteiger partial charge on any atom is -0.322 e. The molecule has 2 amide bonds. The van der Waals surface area contributed by atoms with Crippen LogP contribution in [0.3, 0.4) is 0 Å². The monoisotopic (exact) mass is 428 g/mol. The second-order valence-corrected chi connectivity index (χ2v) is 7.65. The van der Waals surface area contributed by atoms with Gasteiger partial charge >= 0.3 is 0 Å². The zero-order chi connectivity index (χ0) is 21.3. The Kier molecular flexibility index (Phi) is 5.50. The van der Waals surface area contributed by atoms with Crippen LogP contribution in [0.5, 0.6) is 0 Å². The van der Waals surface area contributed by atoms with Gasteiger partial charge in [-0.05, 0) is 42.0 Å². The first-order chi connectivity index (χ1) is 14.4. The van der Waals surface area contributed by atoms with E-state index in [1.54, 1.807) is 30.3 Å². The lowest BCUT2D eigenvalue weighted by Crippen LogP contribution is -2.28. The van der Waals surface area contributed by atoms with Crippen LogP contribution in [0.2, 0.25) is 0 Å². The molecule has 3 aromatic rings. The summed E-state index contributed by atoms with van der Waals surface area (Å²) in [5, 5.41) is 2.12. The number of hydrogen-bond donors (Lipinski definition) is 1. The summed E-state index contributed by atoms with van der Waals surface area (Å²) in [4.78, 5) is 25.9. The summed E-state index contributed by atoms with van der Waals surface area (Å²) < 4.78 is 41.2. The summed E-state index contributed by atoms with van der Waals surface area (Å²) in [6.45, 7) is 0. The average Bonchev–Trinajstić information content (AvgIpc) is 3.10. The molecule has 4 nitrogen and oxygen atoms in total. The molecule has 0 spiro atoms. The lowest BCUT2D eigenvalue weighted by Gasteiger charge is -2.25. The number of rotatable bonds is 4. The van der Waals surface area contributed by atoms with Gasteiger partial charge in [-0.2, -0.15) is 0 Å². The van der Waals surface area contributed by atoms with Crippen molar-refractivity contribution >= 4 is 35.0 Å². The van der Waals surface area contributed by atoms with Crippen LogP contribution < -0.4 is 10.2 Å². The molecule has 1 heterocycles. The molecule has 3 aromatic carbocycles. The minimum absolute atomic E-state index is 0.00771. The number of carbonyl (C=O) groups is 2. The highest BCUT2D eigenvalue weighted by Gasteiger charge is 2.35. The highest BCUT2D eigenvalue weighted by Crippen LogP contribution is 2.42. The molecule has 0 aliphatic carbocycles. The van der Waals surface area contributed by atoms with E-state index in [-0.39, 0.29) is 22.9 Å². The largest absolute Gasteiger partial charge is 0.322 e. The molecule has 152 valence electrons. The van der Waals surface area contributed by atoms with Gasteiger partial charge in [-0.1, -0.05) is 24.3 Å². The zero-order valence-electron chi connectivity index (χ0n) is 15.4. The standard InChI is InChI=1S/C22H15F3N2O2S/c23-14-7-10-19(18(25)11-14)27-20(28)12-30-22(27)13-5-8-15(9-6-13)26-21(29)16-3-1-2-4-17(16)24/h1-11,22H,12H2,(H,26,29)/t22-/m1/s1. The lowest BCUT2D eigenvalue weighted by atomic mass is 10.1. The van der Waals surface area contributed by atoms with Gasteiger partial charge < -0.3 is 5.32 Å². The molecule has 0 saturated carbocycles. The molecule has 1 saturated heterocycles. The first-order valence-corrected chi connectivity index (χ1v) is 10.0. The summed E-state index contributed by atoms with van der Waals surface area (Å²) in [7, 11) is 0. The molecule has 1 aliphatic rings. The van der Waals surface area contributed by atoms with Crippen molar-refractivity contribution in [2.45, 2.75) is 5.37 Å². The van der Waals surface area contributed by atoms with Gasteiger partial charge in [0.05, 0.1) is 17.0 Å². The fourth-order valence-corrected chi connectivity index (χ4v) is 4.35. The normalized spacial score (nSPS) is 16.0. The van der Waals surface area contributed by atoms with Crippen molar-refractivity contribution in [3.63, 3.8) is 0 Å². The SMILES string of the molecule is O=C(Nc1ccc([C@H]2SCC(=O)N2c2ccc(F)cc2F)cc1)c1ccccc1F. The van der Waals surface area contributed by atoms with Gasteiger partial charge in [-0.3, -0.25) is 14.5 Å². The summed E-state index contributed by atoms with van der Waals surface area (Å²) in [6, 6.07) is 15.4. The number of benzene rings is 3. The number of nitrogens with one attached hydrogen (secondary N) is 1. The molecule has 1 N–H and O–H groups in total. The Balaban J connectivity index is 1.55. The maximum atomic E-state index is 14.2. The van der Waals surface area contributed by atoms with Gasteiger partial charge in [0.2, 0.25) is 5.91 Å². The Morgan fingerprint density at radius 1 is 0.967 bits per heavy atom. The topological polar surface area (TPSA) is 49.4 Å². The van der Waals surface area contributed by atoms with E-state index in [1.807, 2.05) is 0 Å². The van der Waals surface area contributed by atoms with Crippen LogP contribution in [0.1, 0.15) is 21.3 Å². The van der Waals surface area contributed by atoms with Crippen molar-refractivity contribution in [3.05, 3.63) is 95.3 Å². The van der Waals surface area contributed by atoms with Crippen molar-refractivity contribution in [3.8, 4) is 0 Å². The Labute approximate surface area is 174 Å². The summed E-state index contributed by atoms with van der Waals surface area (Å²) in [5.41, 5.74) is 1.09. The van der Waals surface area contributed by atoms with Crippen molar-refractivity contribution in [1.29, 1.82) is 0 Å². The van der Waals surface area contributed by atoms with E-state index in [0.29, 0.717) is 11.3 Å². The third kappa shape index (κ3) is 3.91. The first-order valence-electron chi connectivity index (χ1n) is 8.98. The highest BCUT2D eigenvalue weighted by molar-refractivity contribution is 8.00. The maximum absolute atomic E-state index is 14.2. The number of nitrogens with zero attached hydrogens (tertiary/aromatic N) is 1. The van der Waals surface area contributed by atoms with Crippen molar-refractivity contribution in [2.24, 2.45) is 0 Å². The second-order valence-electron chi connectivity index (χ2n) is 6.58. The number of anilines is 2. The molecule has 1 fully saturated rings.